The maximum Gasteiger partial charge on any atom is 0.0744 e. The van der Waals surface area contributed by atoms with Crippen LogP contribution in [0.3, 0.4) is 0 Å². The van der Waals surface area contributed by atoms with Crippen molar-refractivity contribution in [2.24, 2.45) is 0 Å². The third-order valence-electron chi connectivity index (χ3n) is 2.38. The quantitative estimate of drug-likeness (QED) is 0.529. The standard InChI is InChI=1S/C10H8N2/c1-2-4-8-7(3-1)5-10-9(8)6-11-12-10/h1-4,6H,5H2,(H,11,12). The van der Waals surface area contributed by atoms with E-state index in [1.54, 1.807) is 0 Å². The molecule has 1 heterocycles. The molecule has 1 N–H and O–H groups in total. The lowest BCUT2D eigenvalue weighted by molar-refractivity contribution is 1.01. The monoisotopic (exact) mass is 156 g/mol. The highest BCUT2D eigenvalue weighted by molar-refractivity contribution is 5.74. The molecule has 0 unspecified atom stereocenters. The van der Waals surface area contributed by atoms with Crippen LogP contribution in [0.4, 0.5) is 0 Å². The van der Waals surface area contributed by atoms with Gasteiger partial charge in [0.1, 0.15) is 0 Å². The van der Waals surface area contributed by atoms with Crippen molar-refractivity contribution in [3.63, 3.8) is 0 Å². The van der Waals surface area contributed by atoms with E-state index < -0.39 is 0 Å². The van der Waals surface area contributed by atoms with Crippen LogP contribution in [0.2, 0.25) is 0 Å². The molecule has 0 fully saturated rings. The number of nitrogens with zero attached hydrogens (tertiary/aromatic N) is 1. The summed E-state index contributed by atoms with van der Waals surface area (Å²) in [6.07, 6.45) is 2.95. The van der Waals surface area contributed by atoms with Crippen molar-refractivity contribution in [3.05, 3.63) is 41.7 Å². The van der Waals surface area contributed by atoms with Gasteiger partial charge >= 0.3 is 0 Å². The van der Waals surface area contributed by atoms with Crippen LogP contribution in [0, 0.1) is 0 Å². The van der Waals surface area contributed by atoms with Crippen LogP contribution in [-0.4, -0.2) is 10.2 Å². The number of hydrogen-bond acceptors (Lipinski definition) is 1. The van der Waals surface area contributed by atoms with Crippen LogP contribution in [0.1, 0.15) is 11.3 Å². The van der Waals surface area contributed by atoms with Crippen LogP contribution in [-0.2, 0) is 6.42 Å². The Hall–Kier alpha value is -1.57. The predicted octanol–water partition coefficient (Wildman–Crippen LogP) is 1.98. The Morgan fingerprint density at radius 1 is 1.17 bits per heavy atom. The van der Waals surface area contributed by atoms with E-state index in [2.05, 4.69) is 34.5 Å². The van der Waals surface area contributed by atoms with E-state index in [1.807, 2.05) is 6.20 Å². The molecule has 0 amide bonds. The van der Waals surface area contributed by atoms with E-state index in [9.17, 15) is 0 Å². The summed E-state index contributed by atoms with van der Waals surface area (Å²) in [6, 6.07) is 8.46. The maximum atomic E-state index is 4.19. The zero-order valence-corrected chi connectivity index (χ0v) is 6.54. The lowest BCUT2D eigenvalue weighted by Gasteiger charge is -1.95. The van der Waals surface area contributed by atoms with E-state index in [0.717, 1.165) is 6.42 Å². The number of benzene rings is 1. The van der Waals surface area contributed by atoms with Crippen molar-refractivity contribution in [1.82, 2.24) is 10.2 Å². The summed E-state index contributed by atoms with van der Waals surface area (Å²) in [5, 5.41) is 7.08. The molecule has 3 rings (SSSR count). The average molecular weight is 156 g/mol. The van der Waals surface area contributed by atoms with Crippen LogP contribution >= 0.6 is 0 Å². The summed E-state index contributed by atoms with van der Waals surface area (Å²) in [5.74, 6) is 0. The molecule has 58 valence electrons. The largest absolute Gasteiger partial charge is 0.285 e. The van der Waals surface area contributed by atoms with Crippen LogP contribution in [0.15, 0.2) is 30.5 Å². The fourth-order valence-corrected chi connectivity index (χ4v) is 1.80. The van der Waals surface area contributed by atoms with Gasteiger partial charge in [-0.05, 0) is 11.1 Å². The smallest absolute Gasteiger partial charge is 0.0744 e. The molecule has 0 saturated carbocycles. The normalized spacial score (nSPS) is 12.7. The molecule has 12 heavy (non-hydrogen) atoms. The Balaban J connectivity index is 2.34. The summed E-state index contributed by atoms with van der Waals surface area (Å²) < 4.78 is 0. The summed E-state index contributed by atoms with van der Waals surface area (Å²) in [7, 11) is 0. The molecule has 0 radical (unpaired) electrons. The van der Waals surface area contributed by atoms with Gasteiger partial charge in [0.2, 0.25) is 0 Å². The topological polar surface area (TPSA) is 28.7 Å². The summed E-state index contributed by atoms with van der Waals surface area (Å²) in [6.45, 7) is 0. The highest BCUT2D eigenvalue weighted by Gasteiger charge is 2.18. The first-order chi connectivity index (χ1) is 5.95. The van der Waals surface area contributed by atoms with E-state index in [0.29, 0.717) is 0 Å². The second-order valence-electron chi connectivity index (χ2n) is 3.08. The van der Waals surface area contributed by atoms with Gasteiger partial charge in [-0.3, -0.25) is 5.10 Å². The minimum Gasteiger partial charge on any atom is -0.285 e. The SMILES string of the molecule is c1ccc2c(c1)Cc1n[nH]cc1-2. The molecule has 2 aromatic rings. The Kier molecular flexibility index (Phi) is 0.987. The molecule has 0 bridgehead atoms. The Labute approximate surface area is 70.2 Å². The number of nitrogens with one attached hydrogen (secondary N) is 1. The van der Waals surface area contributed by atoms with Gasteiger partial charge in [0.25, 0.3) is 0 Å². The van der Waals surface area contributed by atoms with Gasteiger partial charge in [-0.2, -0.15) is 5.10 Å². The summed E-state index contributed by atoms with van der Waals surface area (Å²) in [5.41, 5.74) is 5.17. The van der Waals surface area contributed by atoms with Gasteiger partial charge in [0.05, 0.1) is 5.69 Å². The molecule has 1 aliphatic rings. The molecule has 0 saturated heterocycles. The Bertz CT molecular complexity index is 429. The van der Waals surface area contributed by atoms with Crippen LogP contribution in [0.25, 0.3) is 11.1 Å². The predicted molar refractivity (Wildman–Crippen MR) is 46.8 cm³/mol. The first kappa shape index (κ1) is 6.00. The molecule has 1 aliphatic carbocycles. The fourth-order valence-electron chi connectivity index (χ4n) is 1.80. The van der Waals surface area contributed by atoms with Gasteiger partial charge < -0.3 is 0 Å². The molecule has 0 spiro atoms. The number of aromatic nitrogens is 2. The molecule has 0 atom stereocenters. The highest BCUT2D eigenvalue weighted by Crippen LogP contribution is 2.34. The second-order valence-corrected chi connectivity index (χ2v) is 3.08. The Morgan fingerprint density at radius 3 is 3.08 bits per heavy atom. The number of hydrogen-bond donors (Lipinski definition) is 1. The highest BCUT2D eigenvalue weighted by atomic mass is 15.1. The van der Waals surface area contributed by atoms with E-state index in [-0.39, 0.29) is 0 Å². The van der Waals surface area contributed by atoms with Gasteiger partial charge in [0.15, 0.2) is 0 Å². The zero-order chi connectivity index (χ0) is 7.97. The van der Waals surface area contributed by atoms with E-state index in [4.69, 9.17) is 0 Å². The van der Waals surface area contributed by atoms with Crippen molar-refractivity contribution in [2.45, 2.75) is 6.42 Å². The van der Waals surface area contributed by atoms with Gasteiger partial charge in [0, 0.05) is 18.2 Å². The number of rotatable bonds is 0. The number of aromatic amines is 1. The lowest BCUT2D eigenvalue weighted by Crippen LogP contribution is -1.81. The minimum absolute atomic E-state index is 0.981. The molecular formula is C10H8N2. The molecule has 1 aromatic heterocycles. The molecule has 2 nitrogen and oxygen atoms in total. The second kappa shape index (κ2) is 1.97. The first-order valence-corrected chi connectivity index (χ1v) is 4.06. The van der Waals surface area contributed by atoms with Crippen molar-refractivity contribution in [1.29, 1.82) is 0 Å². The molecule has 1 aromatic carbocycles. The lowest BCUT2D eigenvalue weighted by atomic mass is 10.1. The summed E-state index contributed by atoms with van der Waals surface area (Å²) in [4.78, 5) is 0. The zero-order valence-electron chi connectivity index (χ0n) is 6.54. The number of H-pyrrole nitrogens is 1. The van der Waals surface area contributed by atoms with Crippen LogP contribution < -0.4 is 0 Å². The molecule has 2 heteroatoms. The number of fused-ring (bicyclic) bond motifs is 3. The first-order valence-electron chi connectivity index (χ1n) is 4.06. The minimum atomic E-state index is 0.981. The third-order valence-corrected chi connectivity index (χ3v) is 2.38. The van der Waals surface area contributed by atoms with Gasteiger partial charge in [-0.1, -0.05) is 24.3 Å². The maximum absolute atomic E-state index is 4.19. The van der Waals surface area contributed by atoms with Crippen molar-refractivity contribution < 1.29 is 0 Å². The Morgan fingerprint density at radius 2 is 2.08 bits per heavy atom. The fraction of sp³-hybridized carbons (Fsp3) is 0.100. The van der Waals surface area contributed by atoms with Crippen molar-refractivity contribution in [2.75, 3.05) is 0 Å². The third kappa shape index (κ3) is 0.619. The van der Waals surface area contributed by atoms with E-state index >= 15 is 0 Å². The van der Waals surface area contributed by atoms with Gasteiger partial charge in [-0.15, -0.1) is 0 Å². The average Bonchev–Trinajstić information content (AvgIpc) is 2.62. The van der Waals surface area contributed by atoms with Gasteiger partial charge in [-0.25, -0.2) is 0 Å². The van der Waals surface area contributed by atoms with E-state index in [1.165, 1.54) is 22.4 Å². The van der Waals surface area contributed by atoms with Crippen molar-refractivity contribution in [3.8, 4) is 11.1 Å². The molecule has 0 aliphatic heterocycles. The molecular weight excluding hydrogens is 148 g/mol. The summed E-state index contributed by atoms with van der Waals surface area (Å²) >= 11 is 0. The van der Waals surface area contributed by atoms with Crippen LogP contribution in [0.5, 0.6) is 0 Å². The van der Waals surface area contributed by atoms with Crippen molar-refractivity contribution >= 4 is 0 Å².